The molecule has 0 aliphatic heterocycles. The number of hydrogen-bond acceptors (Lipinski definition) is 2. The van der Waals surface area contributed by atoms with Crippen molar-refractivity contribution in [3.8, 4) is 6.07 Å². The van der Waals surface area contributed by atoms with E-state index in [2.05, 4.69) is 11.1 Å². The monoisotopic (exact) mass is 250 g/mol. The first kappa shape index (κ1) is 11.2. The zero-order valence-electron chi connectivity index (χ0n) is 8.59. The lowest BCUT2D eigenvalue weighted by Gasteiger charge is -2.06. The van der Waals surface area contributed by atoms with Gasteiger partial charge in [-0.15, -0.1) is 0 Å². The van der Waals surface area contributed by atoms with Gasteiger partial charge in [0.05, 0.1) is 18.0 Å². The highest BCUT2D eigenvalue weighted by Crippen LogP contribution is 2.26. The van der Waals surface area contributed by atoms with Crippen molar-refractivity contribution in [2.45, 2.75) is 13.3 Å². The molecule has 2 rings (SSSR count). The van der Waals surface area contributed by atoms with Crippen LogP contribution in [0.4, 0.5) is 0 Å². The Labute approximate surface area is 103 Å². The average Bonchev–Trinajstić information content (AvgIpc) is 2.21. The maximum Gasteiger partial charge on any atom is 0.134 e. The summed E-state index contributed by atoms with van der Waals surface area (Å²) in [6.07, 6.45) is 0.257. The number of aryl methyl sites for hydroxylation is 1. The van der Waals surface area contributed by atoms with Gasteiger partial charge in [-0.2, -0.15) is 5.26 Å². The van der Waals surface area contributed by atoms with Gasteiger partial charge in [-0.05, 0) is 30.7 Å². The van der Waals surface area contributed by atoms with Crippen LogP contribution < -0.4 is 0 Å². The number of halogens is 2. The van der Waals surface area contributed by atoms with Gasteiger partial charge >= 0.3 is 0 Å². The van der Waals surface area contributed by atoms with Gasteiger partial charge in [-0.25, -0.2) is 4.98 Å². The van der Waals surface area contributed by atoms with Crippen LogP contribution in [0.1, 0.15) is 11.1 Å². The molecule has 0 atom stereocenters. The highest BCUT2D eigenvalue weighted by Gasteiger charge is 2.07. The fraction of sp³-hybridized carbons (Fsp3) is 0.167. The molecule has 0 amide bonds. The van der Waals surface area contributed by atoms with Crippen LogP contribution in [0.5, 0.6) is 0 Å². The lowest BCUT2D eigenvalue weighted by molar-refractivity contribution is 1.22. The van der Waals surface area contributed by atoms with Crippen molar-refractivity contribution < 1.29 is 0 Å². The van der Waals surface area contributed by atoms with Gasteiger partial charge in [0, 0.05) is 16.0 Å². The normalized spacial score (nSPS) is 10.4. The van der Waals surface area contributed by atoms with Crippen LogP contribution >= 0.6 is 23.2 Å². The number of nitrogens with zero attached hydrogens (tertiary/aromatic N) is 2. The molecule has 2 nitrogen and oxygen atoms in total. The van der Waals surface area contributed by atoms with Crippen LogP contribution in [0.15, 0.2) is 18.2 Å². The highest BCUT2D eigenvalue weighted by molar-refractivity contribution is 6.32. The summed E-state index contributed by atoms with van der Waals surface area (Å²) in [5, 5.41) is 10.6. The molecular weight excluding hydrogens is 243 g/mol. The number of hydrogen-bond donors (Lipinski definition) is 0. The third-order valence-corrected chi connectivity index (χ3v) is 2.91. The minimum absolute atomic E-state index is 0.257. The number of fused-ring (bicyclic) bond motifs is 1. The lowest BCUT2D eigenvalue weighted by atomic mass is 10.1. The van der Waals surface area contributed by atoms with Crippen molar-refractivity contribution >= 4 is 34.1 Å². The Morgan fingerprint density at radius 3 is 2.75 bits per heavy atom. The molecule has 1 aromatic carbocycles. The van der Waals surface area contributed by atoms with E-state index in [1.807, 2.05) is 25.1 Å². The van der Waals surface area contributed by atoms with Gasteiger partial charge in [-0.3, -0.25) is 0 Å². The first-order valence-electron chi connectivity index (χ1n) is 4.74. The van der Waals surface area contributed by atoms with E-state index in [-0.39, 0.29) is 6.42 Å². The van der Waals surface area contributed by atoms with Crippen molar-refractivity contribution in [1.82, 2.24) is 4.98 Å². The zero-order valence-corrected chi connectivity index (χ0v) is 10.1. The molecule has 16 heavy (non-hydrogen) atoms. The van der Waals surface area contributed by atoms with Crippen molar-refractivity contribution in [3.05, 3.63) is 39.5 Å². The van der Waals surface area contributed by atoms with E-state index >= 15 is 0 Å². The zero-order chi connectivity index (χ0) is 11.7. The van der Waals surface area contributed by atoms with E-state index in [4.69, 9.17) is 28.5 Å². The quantitative estimate of drug-likeness (QED) is 0.720. The topological polar surface area (TPSA) is 36.7 Å². The standard InChI is InChI=1S/C12H8Cl2N2/c1-7-4-10(13)6-9-5-8(2-3-15)12(14)16-11(7)9/h4-6H,2H2,1H3. The van der Waals surface area contributed by atoms with Gasteiger partial charge in [0.1, 0.15) is 5.15 Å². The fourth-order valence-corrected chi connectivity index (χ4v) is 2.14. The summed E-state index contributed by atoms with van der Waals surface area (Å²) in [6.45, 7) is 1.93. The molecule has 0 bridgehead atoms. The van der Waals surface area contributed by atoms with E-state index < -0.39 is 0 Å². The van der Waals surface area contributed by atoms with Gasteiger partial charge in [-0.1, -0.05) is 23.2 Å². The third-order valence-electron chi connectivity index (χ3n) is 2.37. The Balaban J connectivity index is 2.75. The van der Waals surface area contributed by atoms with E-state index in [1.54, 1.807) is 0 Å². The summed E-state index contributed by atoms with van der Waals surface area (Å²) in [6, 6.07) is 7.60. The molecule has 1 heterocycles. The Kier molecular flexibility index (Phi) is 3.00. The smallest absolute Gasteiger partial charge is 0.134 e. The van der Waals surface area contributed by atoms with Gasteiger partial charge in [0.15, 0.2) is 0 Å². The predicted molar refractivity (Wildman–Crippen MR) is 65.8 cm³/mol. The number of benzene rings is 1. The Morgan fingerprint density at radius 2 is 2.06 bits per heavy atom. The van der Waals surface area contributed by atoms with Crippen LogP contribution in [0, 0.1) is 18.3 Å². The molecule has 0 saturated heterocycles. The molecule has 2 aromatic rings. The van der Waals surface area contributed by atoms with Crippen LogP contribution in [0.2, 0.25) is 10.2 Å². The SMILES string of the molecule is Cc1cc(Cl)cc2cc(CC#N)c(Cl)nc12. The fourth-order valence-electron chi connectivity index (χ4n) is 1.65. The lowest BCUT2D eigenvalue weighted by Crippen LogP contribution is -1.91. The van der Waals surface area contributed by atoms with Crippen molar-refractivity contribution in [2.24, 2.45) is 0 Å². The molecule has 0 radical (unpaired) electrons. The summed E-state index contributed by atoms with van der Waals surface area (Å²) < 4.78 is 0. The van der Waals surface area contributed by atoms with Crippen LogP contribution in [0.25, 0.3) is 10.9 Å². The molecule has 0 spiro atoms. The van der Waals surface area contributed by atoms with E-state index in [1.165, 1.54) is 0 Å². The maximum absolute atomic E-state index is 8.66. The predicted octanol–water partition coefficient (Wildman–Crippen LogP) is 3.92. The van der Waals surface area contributed by atoms with Crippen molar-refractivity contribution in [1.29, 1.82) is 5.26 Å². The van der Waals surface area contributed by atoms with Gasteiger partial charge in [0.25, 0.3) is 0 Å². The molecule has 80 valence electrons. The Morgan fingerprint density at radius 1 is 1.31 bits per heavy atom. The minimum Gasteiger partial charge on any atom is -0.235 e. The van der Waals surface area contributed by atoms with Crippen molar-refractivity contribution in [2.75, 3.05) is 0 Å². The second kappa shape index (κ2) is 4.29. The summed E-state index contributed by atoms with van der Waals surface area (Å²) in [5.41, 5.74) is 2.54. The second-order valence-corrected chi connectivity index (χ2v) is 4.36. The number of nitriles is 1. The van der Waals surface area contributed by atoms with Gasteiger partial charge < -0.3 is 0 Å². The summed E-state index contributed by atoms with van der Waals surface area (Å²) >= 11 is 12.0. The molecule has 4 heteroatoms. The molecule has 0 fully saturated rings. The number of aromatic nitrogens is 1. The molecule has 0 aliphatic rings. The third kappa shape index (κ3) is 1.97. The van der Waals surface area contributed by atoms with E-state index in [0.717, 1.165) is 22.0 Å². The second-order valence-electron chi connectivity index (χ2n) is 3.57. The molecule has 0 N–H and O–H groups in total. The Hall–Kier alpha value is -1.30. The first-order valence-corrected chi connectivity index (χ1v) is 5.49. The van der Waals surface area contributed by atoms with Gasteiger partial charge in [0.2, 0.25) is 0 Å². The average molecular weight is 251 g/mol. The Bertz CT molecular complexity index is 600. The molecule has 0 aliphatic carbocycles. The highest BCUT2D eigenvalue weighted by atomic mass is 35.5. The van der Waals surface area contributed by atoms with Crippen LogP contribution in [0.3, 0.4) is 0 Å². The van der Waals surface area contributed by atoms with Crippen LogP contribution in [-0.4, -0.2) is 4.98 Å². The largest absolute Gasteiger partial charge is 0.235 e. The first-order chi connectivity index (χ1) is 7.61. The minimum atomic E-state index is 0.257. The summed E-state index contributed by atoms with van der Waals surface area (Å²) in [7, 11) is 0. The molecule has 1 aromatic heterocycles. The number of pyridine rings is 1. The maximum atomic E-state index is 8.66. The summed E-state index contributed by atoms with van der Waals surface area (Å²) in [5.74, 6) is 0. The molecule has 0 saturated carbocycles. The molecule has 0 unspecified atom stereocenters. The van der Waals surface area contributed by atoms with E-state index in [9.17, 15) is 0 Å². The number of rotatable bonds is 1. The van der Waals surface area contributed by atoms with E-state index in [0.29, 0.717) is 10.2 Å². The van der Waals surface area contributed by atoms with Crippen LogP contribution in [-0.2, 0) is 6.42 Å². The summed E-state index contributed by atoms with van der Waals surface area (Å²) in [4.78, 5) is 4.29. The molecular formula is C12H8Cl2N2. The van der Waals surface area contributed by atoms with Crippen molar-refractivity contribution in [3.63, 3.8) is 0 Å².